The molecular formula is C23H26N10O4. The summed E-state index contributed by atoms with van der Waals surface area (Å²) in [6.45, 7) is 2.91. The van der Waals surface area contributed by atoms with E-state index in [1.54, 1.807) is 26.2 Å². The van der Waals surface area contributed by atoms with Gasteiger partial charge < -0.3 is 20.1 Å². The highest BCUT2D eigenvalue weighted by Gasteiger charge is 2.55. The van der Waals surface area contributed by atoms with E-state index in [0.29, 0.717) is 11.4 Å². The number of hydrogen-bond donors (Lipinski definition) is 0. The van der Waals surface area contributed by atoms with Crippen molar-refractivity contribution in [1.82, 2.24) is 30.0 Å². The van der Waals surface area contributed by atoms with Gasteiger partial charge in [-0.15, -0.1) is 10.2 Å². The molecule has 192 valence electrons. The van der Waals surface area contributed by atoms with Crippen molar-refractivity contribution in [2.45, 2.75) is 32.6 Å². The lowest BCUT2D eigenvalue weighted by Gasteiger charge is -2.23. The summed E-state index contributed by atoms with van der Waals surface area (Å²) >= 11 is 0. The number of rotatable bonds is 12. The van der Waals surface area contributed by atoms with Gasteiger partial charge in [0, 0.05) is 20.8 Å². The molecule has 4 rings (SSSR count). The van der Waals surface area contributed by atoms with Crippen LogP contribution in [0.1, 0.15) is 13.8 Å². The molecular weight excluding hydrogens is 480 g/mol. The van der Waals surface area contributed by atoms with E-state index in [2.05, 4.69) is 31.2 Å². The molecule has 0 spiro atoms. The van der Waals surface area contributed by atoms with Gasteiger partial charge in [-0.3, -0.25) is 0 Å². The molecule has 0 aliphatic carbocycles. The van der Waals surface area contributed by atoms with E-state index >= 15 is 0 Å². The minimum Gasteiger partial charge on any atom is -0.592 e. The standard InChI is InChI=1S/C23H26N10O4/c1-3-36-28-32(34)23(33(35)29-37-4-2,17-30-15-21(24-26-30)19-11-7-5-8-12-19)18-31-16-22(25-27-31)20-13-9-6-10-14-20/h5-16H,3-4,17-18H2,1-2H3. The van der Waals surface area contributed by atoms with Gasteiger partial charge in [0.05, 0.1) is 12.4 Å². The summed E-state index contributed by atoms with van der Waals surface area (Å²) < 4.78 is 2.71. The third-order valence-electron chi connectivity index (χ3n) is 5.28. The van der Waals surface area contributed by atoms with E-state index in [9.17, 15) is 10.4 Å². The van der Waals surface area contributed by atoms with Gasteiger partial charge in [-0.2, -0.15) is 0 Å². The van der Waals surface area contributed by atoms with Crippen LogP contribution in [0.15, 0.2) is 83.6 Å². The maximum absolute atomic E-state index is 13.3. The molecule has 2 heterocycles. The number of benzene rings is 2. The molecule has 0 aliphatic heterocycles. The first-order valence-corrected chi connectivity index (χ1v) is 11.6. The second-order valence-electron chi connectivity index (χ2n) is 7.86. The molecule has 4 aromatic rings. The second-order valence-corrected chi connectivity index (χ2v) is 7.86. The lowest BCUT2D eigenvalue weighted by Crippen LogP contribution is -2.54. The second kappa shape index (κ2) is 11.7. The summed E-state index contributed by atoms with van der Waals surface area (Å²) in [6, 6.07) is 18.7. The normalized spacial score (nSPS) is 12.5. The van der Waals surface area contributed by atoms with E-state index in [1.165, 1.54) is 9.36 Å². The Labute approximate surface area is 212 Å². The number of hydroxylamine groups is 2. The molecule has 37 heavy (non-hydrogen) atoms. The first kappa shape index (κ1) is 25.2. The molecule has 0 saturated heterocycles. The minimum absolute atomic E-state index is 0.110. The van der Waals surface area contributed by atoms with Gasteiger partial charge in [0.1, 0.15) is 24.6 Å². The Hall–Kier alpha value is -4.88. The molecule has 0 aliphatic rings. The van der Waals surface area contributed by atoms with Crippen LogP contribution in [-0.4, -0.2) is 58.6 Å². The molecule has 0 atom stereocenters. The van der Waals surface area contributed by atoms with Crippen molar-refractivity contribution < 1.29 is 19.4 Å². The Morgan fingerprint density at radius 1 is 0.730 bits per heavy atom. The minimum atomic E-state index is -2.06. The summed E-state index contributed by atoms with van der Waals surface area (Å²) in [7, 11) is 0. The van der Waals surface area contributed by atoms with E-state index in [4.69, 9.17) is 9.68 Å². The number of hydrogen-bond acceptors (Lipinski definition) is 10. The Kier molecular flexibility index (Phi) is 7.98. The van der Waals surface area contributed by atoms with Crippen LogP contribution in [0.5, 0.6) is 0 Å². The fourth-order valence-electron chi connectivity index (χ4n) is 3.49. The van der Waals surface area contributed by atoms with Crippen molar-refractivity contribution >= 4 is 0 Å². The van der Waals surface area contributed by atoms with Crippen molar-refractivity contribution in [2.75, 3.05) is 13.2 Å². The van der Waals surface area contributed by atoms with Crippen molar-refractivity contribution in [3.05, 3.63) is 83.5 Å². The fraction of sp³-hybridized carbons (Fsp3) is 0.304. The predicted molar refractivity (Wildman–Crippen MR) is 129 cm³/mol. The Balaban J connectivity index is 1.75. The van der Waals surface area contributed by atoms with Crippen molar-refractivity contribution in [1.29, 1.82) is 0 Å². The van der Waals surface area contributed by atoms with Crippen LogP contribution in [0, 0.1) is 10.4 Å². The fourth-order valence-corrected chi connectivity index (χ4v) is 3.49. The topological polar surface area (TPSA) is 157 Å². The molecule has 0 bridgehead atoms. The van der Waals surface area contributed by atoms with Crippen molar-refractivity contribution in [3.8, 4) is 22.5 Å². The molecule has 0 N–H and O–H groups in total. The van der Waals surface area contributed by atoms with Gasteiger partial charge in [0.15, 0.2) is 13.1 Å². The van der Waals surface area contributed by atoms with Gasteiger partial charge in [0.25, 0.3) is 0 Å². The van der Waals surface area contributed by atoms with Gasteiger partial charge in [-0.1, -0.05) is 71.1 Å². The zero-order valence-corrected chi connectivity index (χ0v) is 20.4. The van der Waals surface area contributed by atoms with Crippen LogP contribution in [0.4, 0.5) is 0 Å². The molecule has 2 aromatic heterocycles. The molecule has 0 amide bonds. The number of nitrogens with zero attached hydrogens (tertiary/aromatic N) is 10. The predicted octanol–water partition coefficient (Wildman–Crippen LogP) is 3.43. The molecule has 0 saturated carbocycles. The van der Waals surface area contributed by atoms with Gasteiger partial charge in [0.2, 0.25) is 10.6 Å². The summed E-state index contributed by atoms with van der Waals surface area (Å²) in [6.07, 6.45) is 3.23. The molecule has 0 unspecified atom stereocenters. The van der Waals surface area contributed by atoms with Gasteiger partial charge >= 0.3 is 5.66 Å². The maximum Gasteiger partial charge on any atom is 0.462 e. The molecule has 0 radical (unpaired) electrons. The van der Waals surface area contributed by atoms with Crippen LogP contribution in [-0.2, 0) is 22.8 Å². The van der Waals surface area contributed by atoms with Crippen LogP contribution in [0.3, 0.4) is 0 Å². The molecule has 14 nitrogen and oxygen atoms in total. The van der Waals surface area contributed by atoms with Gasteiger partial charge in [-0.05, 0) is 13.8 Å². The Morgan fingerprint density at radius 2 is 1.14 bits per heavy atom. The van der Waals surface area contributed by atoms with Crippen LogP contribution >= 0.6 is 0 Å². The summed E-state index contributed by atoms with van der Waals surface area (Å²) in [4.78, 5) is 10.2. The Morgan fingerprint density at radius 3 is 1.51 bits per heavy atom. The average Bonchev–Trinajstić information content (AvgIpc) is 3.60. The highest BCUT2D eigenvalue weighted by Crippen LogP contribution is 2.23. The zero-order chi connectivity index (χ0) is 26.1. The molecule has 2 aromatic carbocycles. The SMILES string of the molecule is CCON=[N+]([O-])C(Cn1cc(-c2ccccc2)nn1)(Cn1cc(-c2ccccc2)nn1)[N+]([O-])=NOCC. The zero-order valence-electron chi connectivity index (χ0n) is 20.4. The highest BCUT2D eigenvalue weighted by molar-refractivity contribution is 5.57. The average molecular weight is 507 g/mol. The van der Waals surface area contributed by atoms with E-state index in [-0.39, 0.29) is 36.0 Å². The first-order valence-electron chi connectivity index (χ1n) is 11.6. The molecule has 0 fully saturated rings. The van der Waals surface area contributed by atoms with E-state index in [0.717, 1.165) is 11.1 Å². The number of aromatic nitrogens is 6. The highest BCUT2D eigenvalue weighted by atomic mass is 16.7. The lowest BCUT2D eigenvalue weighted by atomic mass is 10.1. The maximum atomic E-state index is 13.3. The van der Waals surface area contributed by atoms with Crippen molar-refractivity contribution in [2.24, 2.45) is 10.6 Å². The summed E-state index contributed by atoms with van der Waals surface area (Å²) in [5.74, 6) is 0. The third kappa shape index (κ3) is 5.86. The first-order chi connectivity index (χ1) is 18.1. The van der Waals surface area contributed by atoms with Crippen LogP contribution in [0.25, 0.3) is 22.5 Å². The lowest BCUT2D eigenvalue weighted by molar-refractivity contribution is -0.851. The summed E-state index contributed by atoms with van der Waals surface area (Å²) in [5.41, 5.74) is 0.686. The van der Waals surface area contributed by atoms with Crippen LogP contribution in [0.2, 0.25) is 0 Å². The van der Waals surface area contributed by atoms with E-state index < -0.39 is 5.66 Å². The van der Waals surface area contributed by atoms with Crippen LogP contribution < -0.4 is 0 Å². The quantitative estimate of drug-likeness (QED) is 0.122. The monoisotopic (exact) mass is 506 g/mol. The largest absolute Gasteiger partial charge is 0.592 e. The Bertz CT molecular complexity index is 1230. The third-order valence-corrected chi connectivity index (χ3v) is 5.28. The smallest absolute Gasteiger partial charge is 0.462 e. The van der Waals surface area contributed by atoms with Gasteiger partial charge in [-0.25, -0.2) is 9.36 Å². The molecule has 14 heteroatoms. The van der Waals surface area contributed by atoms with Crippen molar-refractivity contribution in [3.63, 3.8) is 0 Å². The summed E-state index contributed by atoms with van der Waals surface area (Å²) in [5, 5.41) is 50.4. The van der Waals surface area contributed by atoms with E-state index in [1.807, 2.05) is 60.7 Å².